The molecule has 102 valence electrons. The van der Waals surface area contributed by atoms with Gasteiger partial charge in [-0.2, -0.15) is 0 Å². The number of ether oxygens (including phenoxy) is 2. The SMILES string of the molecule is OC(c1ccc2c(c1)OCO2)C1CC1c1ccccc1. The molecular weight excluding hydrogens is 252 g/mol. The van der Waals surface area contributed by atoms with E-state index in [1.54, 1.807) is 0 Å². The zero-order valence-corrected chi connectivity index (χ0v) is 11.0. The molecule has 1 aliphatic heterocycles. The Hall–Kier alpha value is -2.00. The molecule has 4 rings (SSSR count). The van der Waals surface area contributed by atoms with Gasteiger partial charge < -0.3 is 14.6 Å². The van der Waals surface area contributed by atoms with E-state index in [1.165, 1.54) is 5.56 Å². The number of fused-ring (bicyclic) bond motifs is 1. The van der Waals surface area contributed by atoms with Crippen molar-refractivity contribution < 1.29 is 14.6 Å². The molecule has 1 saturated carbocycles. The van der Waals surface area contributed by atoms with Crippen molar-refractivity contribution in [2.75, 3.05) is 6.79 Å². The number of aliphatic hydroxyl groups excluding tert-OH is 1. The Morgan fingerprint density at radius 2 is 1.80 bits per heavy atom. The summed E-state index contributed by atoms with van der Waals surface area (Å²) >= 11 is 0. The first-order chi connectivity index (χ1) is 9.83. The second kappa shape index (κ2) is 4.53. The lowest BCUT2D eigenvalue weighted by molar-refractivity contribution is 0.150. The minimum Gasteiger partial charge on any atom is -0.454 e. The Morgan fingerprint density at radius 3 is 2.65 bits per heavy atom. The van der Waals surface area contributed by atoms with Crippen LogP contribution in [0.4, 0.5) is 0 Å². The van der Waals surface area contributed by atoms with Gasteiger partial charge in [-0.15, -0.1) is 0 Å². The summed E-state index contributed by atoms with van der Waals surface area (Å²) in [5.41, 5.74) is 2.23. The van der Waals surface area contributed by atoms with Crippen molar-refractivity contribution >= 4 is 0 Å². The van der Waals surface area contributed by atoms with E-state index in [1.807, 2.05) is 24.3 Å². The molecule has 0 amide bonds. The van der Waals surface area contributed by atoms with Gasteiger partial charge in [0.1, 0.15) is 0 Å². The van der Waals surface area contributed by atoms with Gasteiger partial charge >= 0.3 is 0 Å². The smallest absolute Gasteiger partial charge is 0.231 e. The molecule has 3 unspecified atom stereocenters. The quantitative estimate of drug-likeness (QED) is 0.928. The van der Waals surface area contributed by atoms with Gasteiger partial charge in [-0.25, -0.2) is 0 Å². The summed E-state index contributed by atoms with van der Waals surface area (Å²) < 4.78 is 10.7. The Morgan fingerprint density at radius 1 is 1.00 bits per heavy atom. The number of hydrogen-bond acceptors (Lipinski definition) is 3. The largest absolute Gasteiger partial charge is 0.454 e. The molecular formula is C17H16O3. The van der Waals surface area contributed by atoms with Crippen molar-refractivity contribution in [2.45, 2.75) is 18.4 Å². The molecule has 0 radical (unpaired) electrons. The van der Waals surface area contributed by atoms with E-state index in [0.29, 0.717) is 11.8 Å². The second-order valence-corrected chi connectivity index (χ2v) is 5.47. The molecule has 20 heavy (non-hydrogen) atoms. The first kappa shape index (κ1) is 11.8. The standard InChI is InChI=1S/C17H16O3/c18-17(12-6-7-15-16(8-12)20-10-19-15)14-9-13(14)11-4-2-1-3-5-11/h1-8,13-14,17-18H,9-10H2. The van der Waals surface area contributed by atoms with Crippen LogP contribution in [-0.2, 0) is 0 Å². The van der Waals surface area contributed by atoms with Crippen molar-refractivity contribution in [1.29, 1.82) is 0 Å². The van der Waals surface area contributed by atoms with Crippen LogP contribution in [0.3, 0.4) is 0 Å². The Labute approximate surface area is 117 Å². The summed E-state index contributed by atoms with van der Waals surface area (Å²) in [4.78, 5) is 0. The molecule has 1 fully saturated rings. The van der Waals surface area contributed by atoms with E-state index in [2.05, 4.69) is 24.3 Å². The summed E-state index contributed by atoms with van der Waals surface area (Å²) in [5, 5.41) is 10.5. The highest BCUT2D eigenvalue weighted by atomic mass is 16.7. The van der Waals surface area contributed by atoms with E-state index < -0.39 is 6.10 Å². The first-order valence-corrected chi connectivity index (χ1v) is 6.95. The van der Waals surface area contributed by atoms with Gasteiger partial charge in [0.15, 0.2) is 11.5 Å². The average molecular weight is 268 g/mol. The average Bonchev–Trinajstić information content (AvgIpc) is 3.17. The van der Waals surface area contributed by atoms with Crippen molar-refractivity contribution in [3.05, 3.63) is 59.7 Å². The van der Waals surface area contributed by atoms with E-state index in [-0.39, 0.29) is 6.79 Å². The molecule has 3 nitrogen and oxygen atoms in total. The zero-order chi connectivity index (χ0) is 13.5. The van der Waals surface area contributed by atoms with E-state index >= 15 is 0 Å². The zero-order valence-electron chi connectivity index (χ0n) is 11.0. The molecule has 0 aromatic heterocycles. The monoisotopic (exact) mass is 268 g/mol. The molecule has 3 heteroatoms. The molecule has 0 bridgehead atoms. The number of rotatable bonds is 3. The predicted octanol–water partition coefficient (Wildman–Crippen LogP) is 3.25. The van der Waals surface area contributed by atoms with Gasteiger partial charge in [-0.1, -0.05) is 36.4 Å². The number of benzene rings is 2. The normalized spacial score (nSPS) is 24.4. The van der Waals surface area contributed by atoms with Crippen molar-refractivity contribution in [1.82, 2.24) is 0 Å². The summed E-state index contributed by atoms with van der Waals surface area (Å²) in [5.74, 6) is 2.27. The summed E-state index contributed by atoms with van der Waals surface area (Å²) in [7, 11) is 0. The van der Waals surface area contributed by atoms with Crippen LogP contribution in [0.5, 0.6) is 11.5 Å². The third-order valence-corrected chi connectivity index (χ3v) is 4.21. The van der Waals surface area contributed by atoms with Gasteiger partial charge in [-0.05, 0) is 41.5 Å². The molecule has 0 spiro atoms. The van der Waals surface area contributed by atoms with Crippen molar-refractivity contribution in [2.24, 2.45) is 5.92 Å². The van der Waals surface area contributed by atoms with Gasteiger partial charge in [0.05, 0.1) is 6.10 Å². The van der Waals surface area contributed by atoms with Gasteiger partial charge in [0, 0.05) is 0 Å². The fourth-order valence-electron chi connectivity index (χ4n) is 2.99. The fourth-order valence-corrected chi connectivity index (χ4v) is 2.99. The molecule has 1 N–H and O–H groups in total. The third kappa shape index (κ3) is 1.95. The minimum atomic E-state index is -0.435. The van der Waals surface area contributed by atoms with Crippen LogP contribution in [0.25, 0.3) is 0 Å². The van der Waals surface area contributed by atoms with Crippen LogP contribution < -0.4 is 9.47 Å². The third-order valence-electron chi connectivity index (χ3n) is 4.21. The van der Waals surface area contributed by atoms with Gasteiger partial charge in [-0.3, -0.25) is 0 Å². The van der Waals surface area contributed by atoms with Crippen LogP contribution in [0.2, 0.25) is 0 Å². The van der Waals surface area contributed by atoms with E-state index in [0.717, 1.165) is 23.5 Å². The molecule has 3 atom stereocenters. The molecule has 2 aliphatic rings. The first-order valence-electron chi connectivity index (χ1n) is 6.95. The Bertz CT molecular complexity index is 623. The van der Waals surface area contributed by atoms with Crippen LogP contribution >= 0.6 is 0 Å². The molecule has 1 heterocycles. The maximum atomic E-state index is 10.5. The molecule has 2 aromatic carbocycles. The lowest BCUT2D eigenvalue weighted by Crippen LogP contribution is -2.01. The Kier molecular flexibility index (Phi) is 2.67. The minimum absolute atomic E-state index is 0.269. The highest BCUT2D eigenvalue weighted by Gasteiger charge is 2.43. The van der Waals surface area contributed by atoms with Crippen LogP contribution in [-0.4, -0.2) is 11.9 Å². The van der Waals surface area contributed by atoms with Crippen LogP contribution in [0.1, 0.15) is 29.6 Å². The molecule has 0 saturated heterocycles. The topological polar surface area (TPSA) is 38.7 Å². The molecule has 2 aromatic rings. The highest BCUT2D eigenvalue weighted by molar-refractivity contribution is 5.45. The fraction of sp³-hybridized carbons (Fsp3) is 0.294. The highest BCUT2D eigenvalue weighted by Crippen LogP contribution is 2.54. The van der Waals surface area contributed by atoms with Gasteiger partial charge in [0.2, 0.25) is 6.79 Å². The summed E-state index contributed by atoms with van der Waals surface area (Å²) in [6.07, 6.45) is 0.606. The second-order valence-electron chi connectivity index (χ2n) is 5.47. The number of hydrogen-bond donors (Lipinski definition) is 1. The van der Waals surface area contributed by atoms with E-state index in [9.17, 15) is 5.11 Å². The lowest BCUT2D eigenvalue weighted by atomic mass is 10.0. The van der Waals surface area contributed by atoms with Crippen LogP contribution in [0.15, 0.2) is 48.5 Å². The predicted molar refractivity (Wildman–Crippen MR) is 74.8 cm³/mol. The summed E-state index contributed by atoms with van der Waals surface area (Å²) in [6, 6.07) is 16.1. The van der Waals surface area contributed by atoms with Crippen molar-refractivity contribution in [3.63, 3.8) is 0 Å². The molecule has 1 aliphatic carbocycles. The van der Waals surface area contributed by atoms with Crippen LogP contribution in [0, 0.1) is 5.92 Å². The maximum absolute atomic E-state index is 10.5. The maximum Gasteiger partial charge on any atom is 0.231 e. The van der Waals surface area contributed by atoms with Gasteiger partial charge in [0.25, 0.3) is 0 Å². The Balaban J connectivity index is 1.53. The lowest BCUT2D eigenvalue weighted by Gasteiger charge is -2.11. The number of aliphatic hydroxyl groups is 1. The van der Waals surface area contributed by atoms with Crippen molar-refractivity contribution in [3.8, 4) is 11.5 Å². The summed E-state index contributed by atoms with van der Waals surface area (Å²) in [6.45, 7) is 0.269. The van der Waals surface area contributed by atoms with E-state index in [4.69, 9.17) is 9.47 Å².